The van der Waals surface area contributed by atoms with Gasteiger partial charge < -0.3 is 10.2 Å². The number of nitrogens with zero attached hydrogens (tertiary/aromatic N) is 4. The molecule has 120 valence electrons. The van der Waals surface area contributed by atoms with E-state index in [4.69, 9.17) is 0 Å². The van der Waals surface area contributed by atoms with E-state index in [9.17, 15) is 4.79 Å². The van der Waals surface area contributed by atoms with Crippen LogP contribution in [0.4, 0.5) is 11.6 Å². The molecule has 0 saturated carbocycles. The molecule has 0 bridgehead atoms. The highest BCUT2D eigenvalue weighted by Crippen LogP contribution is 2.19. The van der Waals surface area contributed by atoms with Gasteiger partial charge in [0, 0.05) is 24.7 Å². The largest absolute Gasteiger partial charge is 0.341 e. The Morgan fingerprint density at radius 3 is 2.54 bits per heavy atom. The Morgan fingerprint density at radius 2 is 1.75 bits per heavy atom. The summed E-state index contributed by atoms with van der Waals surface area (Å²) < 4.78 is 0. The molecule has 1 amide bonds. The number of amides is 1. The number of rotatable bonds is 3. The average molecular weight is 319 g/mol. The van der Waals surface area contributed by atoms with Crippen molar-refractivity contribution < 1.29 is 4.79 Å². The molecule has 3 aromatic rings. The molecule has 1 aromatic carbocycles. The van der Waals surface area contributed by atoms with Crippen molar-refractivity contribution in [3.8, 4) is 0 Å². The molecule has 0 atom stereocenters. The van der Waals surface area contributed by atoms with Gasteiger partial charge in [0.1, 0.15) is 5.69 Å². The van der Waals surface area contributed by atoms with E-state index in [1.807, 2.05) is 30.3 Å². The lowest BCUT2D eigenvalue weighted by Gasteiger charge is -2.14. The van der Waals surface area contributed by atoms with Crippen LogP contribution >= 0.6 is 0 Å². The molecule has 0 unspecified atom stereocenters. The van der Waals surface area contributed by atoms with Crippen LogP contribution in [-0.4, -0.2) is 33.9 Å². The average Bonchev–Trinajstić information content (AvgIpc) is 3.16. The summed E-state index contributed by atoms with van der Waals surface area (Å²) in [6.07, 6.45) is 7.28. The van der Waals surface area contributed by atoms with Gasteiger partial charge in [-0.25, -0.2) is 9.97 Å². The molecule has 0 radical (unpaired) electrons. The van der Waals surface area contributed by atoms with Crippen molar-refractivity contribution in [2.24, 2.45) is 0 Å². The zero-order valence-corrected chi connectivity index (χ0v) is 13.1. The minimum absolute atomic E-state index is 0.260. The molecule has 24 heavy (non-hydrogen) atoms. The predicted molar refractivity (Wildman–Crippen MR) is 93.2 cm³/mol. The maximum atomic E-state index is 12.5. The van der Waals surface area contributed by atoms with Gasteiger partial charge in [-0.05, 0) is 24.3 Å². The number of anilines is 2. The molecule has 1 fully saturated rings. The number of aromatic nitrogens is 3. The third-order valence-electron chi connectivity index (χ3n) is 4.17. The van der Waals surface area contributed by atoms with Gasteiger partial charge in [0.2, 0.25) is 5.95 Å². The van der Waals surface area contributed by atoms with Crippen molar-refractivity contribution in [3.05, 3.63) is 54.6 Å². The summed E-state index contributed by atoms with van der Waals surface area (Å²) in [6, 6.07) is 9.58. The second kappa shape index (κ2) is 6.23. The summed E-state index contributed by atoms with van der Waals surface area (Å²) in [6.45, 7) is 1.98. The van der Waals surface area contributed by atoms with Gasteiger partial charge in [0.05, 0.1) is 18.1 Å². The van der Waals surface area contributed by atoms with Crippen LogP contribution in [0, 0.1) is 0 Å². The number of pyridine rings is 1. The molecule has 0 spiro atoms. The normalized spacial score (nSPS) is 14.1. The lowest BCUT2D eigenvalue weighted by atomic mass is 10.1. The summed E-state index contributed by atoms with van der Waals surface area (Å²) in [5, 5.41) is 4.63. The molecule has 0 aliphatic carbocycles. The molecule has 1 aliphatic heterocycles. The number of hydrogen-bond acceptors (Lipinski definition) is 5. The van der Waals surface area contributed by atoms with Gasteiger partial charge in [-0.2, -0.15) is 0 Å². The van der Waals surface area contributed by atoms with E-state index in [0.717, 1.165) is 23.9 Å². The molecular weight excluding hydrogens is 302 g/mol. The van der Waals surface area contributed by atoms with E-state index in [1.54, 1.807) is 18.6 Å². The predicted octanol–water partition coefficient (Wildman–Crippen LogP) is 2.88. The third-order valence-corrected chi connectivity index (χ3v) is 4.17. The molecular formula is C18H17N5O. The maximum Gasteiger partial charge on any atom is 0.274 e. The number of benzene rings is 1. The number of carbonyl (C=O) groups is 1. The highest BCUT2D eigenvalue weighted by Gasteiger charge is 2.15. The second-order valence-corrected chi connectivity index (χ2v) is 5.80. The van der Waals surface area contributed by atoms with Crippen molar-refractivity contribution in [2.45, 2.75) is 12.8 Å². The van der Waals surface area contributed by atoms with E-state index < -0.39 is 0 Å². The van der Waals surface area contributed by atoms with Crippen molar-refractivity contribution in [1.29, 1.82) is 0 Å². The van der Waals surface area contributed by atoms with E-state index in [1.165, 1.54) is 12.8 Å². The Morgan fingerprint density at radius 1 is 1.00 bits per heavy atom. The van der Waals surface area contributed by atoms with Crippen molar-refractivity contribution in [2.75, 3.05) is 23.3 Å². The van der Waals surface area contributed by atoms with Crippen LogP contribution in [0.2, 0.25) is 0 Å². The van der Waals surface area contributed by atoms with Gasteiger partial charge in [-0.3, -0.25) is 9.78 Å². The molecule has 1 N–H and O–H groups in total. The fraction of sp³-hybridized carbons (Fsp3) is 0.222. The Balaban J connectivity index is 1.55. The molecule has 1 aliphatic rings. The first kappa shape index (κ1) is 14.6. The fourth-order valence-corrected chi connectivity index (χ4v) is 2.96. The van der Waals surface area contributed by atoms with Gasteiger partial charge in [0.15, 0.2) is 0 Å². The van der Waals surface area contributed by atoms with Crippen LogP contribution in [0.3, 0.4) is 0 Å². The number of hydrogen-bond donors (Lipinski definition) is 1. The van der Waals surface area contributed by atoms with Crippen LogP contribution in [0.1, 0.15) is 23.3 Å². The minimum Gasteiger partial charge on any atom is -0.341 e. The van der Waals surface area contributed by atoms with Gasteiger partial charge in [-0.1, -0.05) is 24.3 Å². The van der Waals surface area contributed by atoms with Crippen molar-refractivity contribution in [3.63, 3.8) is 0 Å². The zero-order valence-electron chi connectivity index (χ0n) is 13.1. The Labute approximate surface area is 139 Å². The minimum atomic E-state index is -0.260. The van der Waals surface area contributed by atoms with E-state index >= 15 is 0 Å². The Hall–Kier alpha value is -3.02. The summed E-state index contributed by atoms with van der Waals surface area (Å²) >= 11 is 0. The highest BCUT2D eigenvalue weighted by atomic mass is 16.1. The van der Waals surface area contributed by atoms with Gasteiger partial charge >= 0.3 is 0 Å². The van der Waals surface area contributed by atoms with Gasteiger partial charge in [-0.15, -0.1) is 0 Å². The lowest BCUT2D eigenvalue weighted by Crippen LogP contribution is -2.20. The van der Waals surface area contributed by atoms with Crippen LogP contribution in [-0.2, 0) is 0 Å². The molecule has 6 nitrogen and oxygen atoms in total. The van der Waals surface area contributed by atoms with E-state index in [0.29, 0.717) is 17.3 Å². The lowest BCUT2D eigenvalue weighted by molar-refractivity contribution is 0.102. The van der Waals surface area contributed by atoms with Crippen LogP contribution < -0.4 is 10.2 Å². The van der Waals surface area contributed by atoms with Crippen LogP contribution in [0.5, 0.6) is 0 Å². The fourth-order valence-electron chi connectivity index (χ4n) is 2.96. The van der Waals surface area contributed by atoms with E-state index in [2.05, 4.69) is 25.2 Å². The van der Waals surface area contributed by atoms with Gasteiger partial charge in [0.25, 0.3) is 5.91 Å². The number of carbonyl (C=O) groups excluding carboxylic acids is 1. The maximum absolute atomic E-state index is 12.5. The molecule has 4 rings (SSSR count). The van der Waals surface area contributed by atoms with Crippen molar-refractivity contribution in [1.82, 2.24) is 15.0 Å². The first-order chi connectivity index (χ1) is 11.8. The van der Waals surface area contributed by atoms with Crippen molar-refractivity contribution >= 4 is 28.3 Å². The topological polar surface area (TPSA) is 71.0 Å². The molecule has 2 aromatic heterocycles. The highest BCUT2D eigenvalue weighted by molar-refractivity contribution is 6.11. The second-order valence-electron chi connectivity index (χ2n) is 5.80. The summed E-state index contributed by atoms with van der Waals surface area (Å²) in [4.78, 5) is 27.6. The first-order valence-corrected chi connectivity index (χ1v) is 8.03. The third kappa shape index (κ3) is 2.78. The van der Waals surface area contributed by atoms with E-state index in [-0.39, 0.29) is 5.91 Å². The Bertz CT molecular complexity index is 867. The quantitative estimate of drug-likeness (QED) is 0.804. The molecule has 6 heteroatoms. The SMILES string of the molecule is O=C(Nc1cnc(N2CCCC2)nc1)c1nccc2ccccc12. The molecule has 3 heterocycles. The first-order valence-electron chi connectivity index (χ1n) is 8.03. The molecule has 1 saturated heterocycles. The zero-order chi connectivity index (χ0) is 16.4. The summed E-state index contributed by atoms with van der Waals surface area (Å²) in [5.41, 5.74) is 0.967. The summed E-state index contributed by atoms with van der Waals surface area (Å²) in [5.74, 6) is 0.457. The van der Waals surface area contributed by atoms with Crippen LogP contribution in [0.25, 0.3) is 10.8 Å². The smallest absolute Gasteiger partial charge is 0.274 e. The van der Waals surface area contributed by atoms with Crippen LogP contribution in [0.15, 0.2) is 48.9 Å². The number of fused-ring (bicyclic) bond motifs is 1. The number of nitrogens with one attached hydrogen (secondary N) is 1. The Kier molecular flexibility index (Phi) is 3.78. The monoisotopic (exact) mass is 319 g/mol. The summed E-state index contributed by atoms with van der Waals surface area (Å²) in [7, 11) is 0. The standard InChI is InChI=1S/C18H17N5O/c24-17(16-15-6-2-1-5-13(15)7-8-19-16)22-14-11-20-18(21-12-14)23-9-3-4-10-23/h1-2,5-8,11-12H,3-4,9-10H2,(H,22,24).